The Morgan fingerprint density at radius 1 is 1.27 bits per heavy atom. The summed E-state index contributed by atoms with van der Waals surface area (Å²) in [6, 6.07) is 3.19. The first-order valence-electron chi connectivity index (χ1n) is 3.89. The minimum absolute atomic E-state index is 0.399. The molecule has 0 bridgehead atoms. The Morgan fingerprint density at radius 2 is 1.80 bits per heavy atom. The largest absolute Gasteiger partial charge is 0.486 e. The predicted molar refractivity (Wildman–Crippen MR) is 51.5 cm³/mol. The second-order valence-corrected chi connectivity index (χ2v) is 5.54. The molecule has 0 aliphatic carbocycles. The maximum Gasteiger partial charge on any atom is 0.235 e. The summed E-state index contributed by atoms with van der Waals surface area (Å²) in [5.74, 6) is -2.88. The van der Waals surface area contributed by atoms with Crippen LogP contribution in [-0.2, 0) is 9.05 Å². The van der Waals surface area contributed by atoms with Gasteiger partial charge in [0.25, 0.3) is 0 Å². The molecule has 0 fully saturated rings. The smallest absolute Gasteiger partial charge is 0.235 e. The van der Waals surface area contributed by atoms with Gasteiger partial charge in [-0.2, -0.15) is 0 Å². The second kappa shape index (κ2) is 4.76. The highest BCUT2D eigenvalue weighted by atomic mass is 35.7. The summed E-state index contributed by atoms with van der Waals surface area (Å²) in [6.45, 7) is -0.399. The van der Waals surface area contributed by atoms with Crippen molar-refractivity contribution in [1.29, 1.82) is 0 Å². The highest BCUT2D eigenvalue weighted by Gasteiger charge is 2.11. The lowest BCUT2D eigenvalue weighted by atomic mass is 10.3. The number of benzene rings is 1. The van der Waals surface area contributed by atoms with Gasteiger partial charge < -0.3 is 4.74 Å². The zero-order valence-electron chi connectivity index (χ0n) is 7.41. The number of ether oxygens (including phenoxy) is 1. The molecule has 1 aromatic rings. The van der Waals surface area contributed by atoms with E-state index in [1.807, 2.05) is 0 Å². The third kappa shape index (κ3) is 4.01. The zero-order valence-corrected chi connectivity index (χ0v) is 8.99. The van der Waals surface area contributed by atoms with E-state index in [1.54, 1.807) is 0 Å². The molecule has 0 aliphatic rings. The molecule has 15 heavy (non-hydrogen) atoms. The highest BCUT2D eigenvalue weighted by Crippen LogP contribution is 2.20. The van der Waals surface area contributed by atoms with Gasteiger partial charge in [-0.25, -0.2) is 17.2 Å². The minimum Gasteiger partial charge on any atom is -0.486 e. The van der Waals surface area contributed by atoms with Crippen LogP contribution in [0.4, 0.5) is 8.78 Å². The minimum atomic E-state index is -3.72. The number of rotatable bonds is 4. The Labute approximate surface area is 90.0 Å². The van der Waals surface area contributed by atoms with Crippen molar-refractivity contribution in [2.75, 3.05) is 12.4 Å². The molecule has 1 rings (SSSR count). The van der Waals surface area contributed by atoms with E-state index >= 15 is 0 Å². The average Bonchev–Trinajstić information content (AvgIpc) is 2.08. The molecule has 0 radical (unpaired) electrons. The molecule has 0 saturated carbocycles. The molecule has 0 atom stereocenters. The van der Waals surface area contributed by atoms with E-state index < -0.39 is 38.8 Å². The van der Waals surface area contributed by atoms with Crippen molar-refractivity contribution in [3.05, 3.63) is 29.8 Å². The standard InChI is InChI=1S/C8H7ClF2O3S/c9-15(12,13)5-4-14-8-6(10)2-1-3-7(8)11/h1-3H,4-5H2. The van der Waals surface area contributed by atoms with E-state index in [0.29, 0.717) is 0 Å². The van der Waals surface area contributed by atoms with Crippen LogP contribution in [0.25, 0.3) is 0 Å². The fraction of sp³-hybridized carbons (Fsp3) is 0.250. The normalized spacial score (nSPS) is 11.4. The second-order valence-electron chi connectivity index (χ2n) is 2.64. The quantitative estimate of drug-likeness (QED) is 0.773. The lowest BCUT2D eigenvalue weighted by molar-refractivity contribution is 0.304. The van der Waals surface area contributed by atoms with E-state index in [4.69, 9.17) is 10.7 Å². The summed E-state index contributed by atoms with van der Waals surface area (Å²) >= 11 is 0. The van der Waals surface area contributed by atoms with Crippen molar-refractivity contribution >= 4 is 19.7 Å². The van der Waals surface area contributed by atoms with Gasteiger partial charge in [-0.1, -0.05) is 6.07 Å². The van der Waals surface area contributed by atoms with Gasteiger partial charge in [0.15, 0.2) is 17.4 Å². The molecule has 3 nitrogen and oxygen atoms in total. The Bertz CT molecular complexity index is 427. The lowest BCUT2D eigenvalue weighted by Crippen LogP contribution is -2.10. The third-order valence-corrected chi connectivity index (χ3v) is 2.61. The average molecular weight is 257 g/mol. The molecule has 0 aliphatic heterocycles. The molecule has 7 heteroatoms. The van der Waals surface area contributed by atoms with Gasteiger partial charge in [0, 0.05) is 10.7 Å². The molecule has 0 N–H and O–H groups in total. The Balaban J connectivity index is 2.66. The lowest BCUT2D eigenvalue weighted by Gasteiger charge is -2.06. The summed E-state index contributed by atoms with van der Waals surface area (Å²) < 4.78 is 51.5. The van der Waals surface area contributed by atoms with E-state index in [0.717, 1.165) is 12.1 Å². The SMILES string of the molecule is O=S(=O)(Cl)CCOc1c(F)cccc1F. The summed E-state index contributed by atoms with van der Waals surface area (Å²) in [7, 11) is 1.17. The molecule has 0 saturated heterocycles. The van der Waals surface area contributed by atoms with Crippen LogP contribution in [0.15, 0.2) is 18.2 Å². The molecule has 0 spiro atoms. The van der Waals surface area contributed by atoms with Gasteiger partial charge in [-0.3, -0.25) is 0 Å². The van der Waals surface area contributed by atoms with E-state index in [-0.39, 0.29) is 0 Å². The van der Waals surface area contributed by atoms with Gasteiger partial charge in [0.2, 0.25) is 9.05 Å². The van der Waals surface area contributed by atoms with Gasteiger partial charge in [0.05, 0.1) is 5.75 Å². The maximum atomic E-state index is 12.9. The van der Waals surface area contributed by atoms with Gasteiger partial charge >= 0.3 is 0 Å². The maximum absolute atomic E-state index is 12.9. The monoisotopic (exact) mass is 256 g/mol. The predicted octanol–water partition coefficient (Wildman–Crippen LogP) is 1.91. The first kappa shape index (κ1) is 12.2. The van der Waals surface area contributed by atoms with Crippen molar-refractivity contribution < 1.29 is 21.9 Å². The number of hydrogen-bond donors (Lipinski definition) is 0. The zero-order chi connectivity index (χ0) is 11.5. The molecular formula is C8H7ClF2O3S. The summed E-state index contributed by atoms with van der Waals surface area (Å²) in [6.07, 6.45) is 0. The molecule has 0 heterocycles. The Kier molecular flexibility index (Phi) is 3.87. The van der Waals surface area contributed by atoms with Gasteiger partial charge in [-0.05, 0) is 12.1 Å². The third-order valence-electron chi connectivity index (χ3n) is 1.49. The molecule has 0 aromatic heterocycles. The summed E-state index contributed by atoms with van der Waals surface area (Å²) in [5.41, 5.74) is 0. The van der Waals surface area contributed by atoms with Crippen molar-refractivity contribution in [3.63, 3.8) is 0 Å². The van der Waals surface area contributed by atoms with Crippen molar-refractivity contribution in [2.24, 2.45) is 0 Å². The van der Waals surface area contributed by atoms with Gasteiger partial charge in [0.1, 0.15) is 6.61 Å². The fourth-order valence-electron chi connectivity index (χ4n) is 0.864. The first-order chi connectivity index (χ1) is 6.90. The van der Waals surface area contributed by atoms with Crippen molar-refractivity contribution in [3.8, 4) is 5.75 Å². The first-order valence-corrected chi connectivity index (χ1v) is 6.37. The number of hydrogen-bond acceptors (Lipinski definition) is 3. The summed E-state index contributed by atoms with van der Waals surface area (Å²) in [5, 5.41) is 0. The Morgan fingerprint density at radius 3 is 2.27 bits per heavy atom. The van der Waals surface area contributed by atoms with Crippen LogP contribution in [0, 0.1) is 11.6 Å². The van der Waals surface area contributed by atoms with Crippen LogP contribution in [0.2, 0.25) is 0 Å². The van der Waals surface area contributed by atoms with Gasteiger partial charge in [-0.15, -0.1) is 0 Å². The number of halogens is 3. The van der Waals surface area contributed by atoms with E-state index in [9.17, 15) is 17.2 Å². The summed E-state index contributed by atoms with van der Waals surface area (Å²) in [4.78, 5) is 0. The van der Waals surface area contributed by atoms with Crippen LogP contribution in [0.1, 0.15) is 0 Å². The molecule has 84 valence electrons. The van der Waals surface area contributed by atoms with Crippen LogP contribution in [0.5, 0.6) is 5.75 Å². The molecular weight excluding hydrogens is 250 g/mol. The van der Waals surface area contributed by atoms with E-state index in [2.05, 4.69) is 4.74 Å². The topological polar surface area (TPSA) is 43.4 Å². The van der Waals surface area contributed by atoms with E-state index in [1.165, 1.54) is 6.07 Å². The van der Waals surface area contributed by atoms with Crippen LogP contribution >= 0.6 is 10.7 Å². The molecule has 0 unspecified atom stereocenters. The fourth-order valence-corrected chi connectivity index (χ4v) is 1.34. The Hall–Kier alpha value is -0.880. The van der Waals surface area contributed by atoms with Crippen LogP contribution in [-0.4, -0.2) is 20.8 Å². The molecule has 0 amide bonds. The molecule has 1 aromatic carbocycles. The van der Waals surface area contributed by atoms with Crippen molar-refractivity contribution in [2.45, 2.75) is 0 Å². The van der Waals surface area contributed by atoms with Crippen LogP contribution in [0.3, 0.4) is 0 Å². The highest BCUT2D eigenvalue weighted by molar-refractivity contribution is 8.13. The number of para-hydroxylation sites is 1. The van der Waals surface area contributed by atoms with Crippen LogP contribution < -0.4 is 4.74 Å². The van der Waals surface area contributed by atoms with Crippen molar-refractivity contribution in [1.82, 2.24) is 0 Å².